The van der Waals surface area contributed by atoms with Crippen LogP contribution in [0.25, 0.3) is 0 Å². The van der Waals surface area contributed by atoms with Crippen LogP contribution in [0.3, 0.4) is 0 Å². The zero-order chi connectivity index (χ0) is 4.57. The molecule has 36 valence electrons. The SMILES string of the molecule is CC1CC(Cl)C1. The number of rotatable bonds is 0. The van der Waals surface area contributed by atoms with Crippen LogP contribution >= 0.6 is 11.6 Å². The van der Waals surface area contributed by atoms with E-state index in [1.807, 2.05) is 0 Å². The molecule has 0 aliphatic heterocycles. The first kappa shape index (κ1) is 4.45. The molecule has 0 nitrogen and oxygen atoms in total. The lowest BCUT2D eigenvalue weighted by molar-refractivity contribution is 0.355. The van der Waals surface area contributed by atoms with E-state index in [1.54, 1.807) is 0 Å². The highest BCUT2D eigenvalue weighted by Gasteiger charge is 2.21. The van der Waals surface area contributed by atoms with Gasteiger partial charge >= 0.3 is 0 Å². The highest BCUT2D eigenvalue weighted by Crippen LogP contribution is 2.30. The Morgan fingerprint density at radius 2 is 2.00 bits per heavy atom. The van der Waals surface area contributed by atoms with Crippen LogP contribution in [0.5, 0.6) is 0 Å². The molecule has 0 N–H and O–H groups in total. The van der Waals surface area contributed by atoms with Crippen LogP contribution in [0.4, 0.5) is 0 Å². The molecule has 1 heteroatoms. The van der Waals surface area contributed by atoms with Gasteiger partial charge in [0.1, 0.15) is 0 Å². The van der Waals surface area contributed by atoms with E-state index in [9.17, 15) is 0 Å². The van der Waals surface area contributed by atoms with Crippen molar-refractivity contribution in [3.63, 3.8) is 0 Å². The molecule has 0 heterocycles. The average molecular weight is 105 g/mol. The topological polar surface area (TPSA) is 0 Å². The summed E-state index contributed by atoms with van der Waals surface area (Å²) in [6.45, 7) is 2.24. The van der Waals surface area contributed by atoms with Crippen molar-refractivity contribution in [2.24, 2.45) is 5.92 Å². The third-order valence-corrected chi connectivity index (χ3v) is 1.67. The Morgan fingerprint density at radius 3 is 2.00 bits per heavy atom. The molecule has 6 heavy (non-hydrogen) atoms. The zero-order valence-corrected chi connectivity index (χ0v) is 4.70. The maximum Gasteiger partial charge on any atom is 0.0341 e. The molecular formula is C5H9Cl. The van der Waals surface area contributed by atoms with Gasteiger partial charge in [-0.1, -0.05) is 6.92 Å². The summed E-state index contributed by atoms with van der Waals surface area (Å²) in [6, 6.07) is 0. The van der Waals surface area contributed by atoms with Gasteiger partial charge in [-0.15, -0.1) is 11.6 Å². The first-order valence-electron chi connectivity index (χ1n) is 2.43. The summed E-state index contributed by atoms with van der Waals surface area (Å²) in [5, 5.41) is 0.514. The summed E-state index contributed by atoms with van der Waals surface area (Å²) in [7, 11) is 0. The van der Waals surface area contributed by atoms with Crippen molar-refractivity contribution in [3.8, 4) is 0 Å². The lowest BCUT2D eigenvalue weighted by atomic mass is 9.87. The molecule has 1 aliphatic rings. The molecule has 0 aromatic heterocycles. The van der Waals surface area contributed by atoms with E-state index in [2.05, 4.69) is 6.92 Å². The van der Waals surface area contributed by atoms with E-state index in [0.717, 1.165) is 5.92 Å². The van der Waals surface area contributed by atoms with Gasteiger partial charge in [-0.3, -0.25) is 0 Å². The van der Waals surface area contributed by atoms with Crippen molar-refractivity contribution < 1.29 is 0 Å². The standard InChI is InChI=1S/C5H9Cl/c1-4-2-5(6)3-4/h4-5H,2-3H2,1H3. The number of alkyl halides is 1. The second kappa shape index (κ2) is 1.42. The van der Waals surface area contributed by atoms with Crippen molar-refractivity contribution in [3.05, 3.63) is 0 Å². The fourth-order valence-corrected chi connectivity index (χ4v) is 1.41. The minimum atomic E-state index is 0.514. The van der Waals surface area contributed by atoms with Crippen LogP contribution in [0.2, 0.25) is 0 Å². The fraction of sp³-hybridized carbons (Fsp3) is 1.00. The Balaban J connectivity index is 2.11. The summed E-state index contributed by atoms with van der Waals surface area (Å²) in [5.74, 6) is 0.910. The lowest BCUT2D eigenvalue weighted by Gasteiger charge is -2.26. The van der Waals surface area contributed by atoms with Gasteiger partial charge in [-0.05, 0) is 18.8 Å². The molecule has 1 aliphatic carbocycles. The van der Waals surface area contributed by atoms with Gasteiger partial charge in [0.25, 0.3) is 0 Å². The third kappa shape index (κ3) is 0.676. The largest absolute Gasteiger partial charge is 0.123 e. The Hall–Kier alpha value is 0.290. The Labute approximate surface area is 43.5 Å². The summed E-state index contributed by atoms with van der Waals surface area (Å²) in [4.78, 5) is 0. The van der Waals surface area contributed by atoms with Crippen LogP contribution in [0.15, 0.2) is 0 Å². The Morgan fingerprint density at radius 1 is 1.50 bits per heavy atom. The number of hydrogen-bond acceptors (Lipinski definition) is 0. The van der Waals surface area contributed by atoms with Crippen molar-refractivity contribution in [1.82, 2.24) is 0 Å². The molecule has 0 radical (unpaired) electrons. The number of hydrogen-bond donors (Lipinski definition) is 0. The first-order chi connectivity index (χ1) is 2.79. The quantitative estimate of drug-likeness (QED) is 0.413. The van der Waals surface area contributed by atoms with Crippen LogP contribution in [-0.4, -0.2) is 5.38 Å². The molecule has 0 saturated heterocycles. The van der Waals surface area contributed by atoms with E-state index in [1.165, 1.54) is 12.8 Å². The fourth-order valence-electron chi connectivity index (χ4n) is 0.804. The zero-order valence-electron chi connectivity index (χ0n) is 3.95. The van der Waals surface area contributed by atoms with Crippen LogP contribution in [-0.2, 0) is 0 Å². The highest BCUT2D eigenvalue weighted by molar-refractivity contribution is 6.21. The van der Waals surface area contributed by atoms with Gasteiger partial charge in [0.05, 0.1) is 0 Å². The average Bonchev–Trinajstić information content (AvgIpc) is 1.33. The molecule has 1 rings (SSSR count). The van der Waals surface area contributed by atoms with Crippen molar-refractivity contribution >= 4 is 11.6 Å². The van der Waals surface area contributed by atoms with Gasteiger partial charge in [-0.25, -0.2) is 0 Å². The molecule has 0 bridgehead atoms. The van der Waals surface area contributed by atoms with Crippen molar-refractivity contribution in [2.45, 2.75) is 25.1 Å². The van der Waals surface area contributed by atoms with Crippen LogP contribution in [0, 0.1) is 5.92 Å². The minimum Gasteiger partial charge on any atom is -0.123 e. The van der Waals surface area contributed by atoms with E-state index >= 15 is 0 Å². The van der Waals surface area contributed by atoms with E-state index in [-0.39, 0.29) is 0 Å². The monoisotopic (exact) mass is 104 g/mol. The first-order valence-corrected chi connectivity index (χ1v) is 2.86. The molecule has 0 atom stereocenters. The third-order valence-electron chi connectivity index (χ3n) is 1.32. The smallest absolute Gasteiger partial charge is 0.0341 e. The van der Waals surface area contributed by atoms with E-state index in [4.69, 9.17) is 11.6 Å². The molecule has 0 amide bonds. The van der Waals surface area contributed by atoms with Crippen molar-refractivity contribution in [2.75, 3.05) is 0 Å². The molecule has 0 aromatic carbocycles. The molecule has 1 saturated carbocycles. The Kier molecular flexibility index (Phi) is 1.05. The predicted molar refractivity (Wildman–Crippen MR) is 28.0 cm³/mol. The highest BCUT2D eigenvalue weighted by atomic mass is 35.5. The summed E-state index contributed by atoms with van der Waals surface area (Å²) < 4.78 is 0. The van der Waals surface area contributed by atoms with Gasteiger partial charge < -0.3 is 0 Å². The lowest BCUT2D eigenvalue weighted by Crippen LogP contribution is -2.20. The summed E-state index contributed by atoms with van der Waals surface area (Å²) in [5.41, 5.74) is 0. The second-order valence-corrected chi connectivity index (χ2v) is 2.79. The summed E-state index contributed by atoms with van der Waals surface area (Å²) in [6.07, 6.45) is 2.48. The van der Waals surface area contributed by atoms with Gasteiger partial charge in [0, 0.05) is 5.38 Å². The molecule has 0 unspecified atom stereocenters. The molecule has 1 fully saturated rings. The van der Waals surface area contributed by atoms with E-state index < -0.39 is 0 Å². The maximum atomic E-state index is 5.64. The number of halogens is 1. The van der Waals surface area contributed by atoms with E-state index in [0.29, 0.717) is 5.38 Å². The van der Waals surface area contributed by atoms with Gasteiger partial charge in [0.2, 0.25) is 0 Å². The molecule has 0 spiro atoms. The van der Waals surface area contributed by atoms with Gasteiger partial charge in [0.15, 0.2) is 0 Å². The van der Waals surface area contributed by atoms with Crippen LogP contribution < -0.4 is 0 Å². The van der Waals surface area contributed by atoms with Gasteiger partial charge in [-0.2, -0.15) is 0 Å². The van der Waals surface area contributed by atoms with Crippen LogP contribution in [0.1, 0.15) is 19.8 Å². The Bertz CT molecular complexity index is 39.9. The second-order valence-electron chi connectivity index (χ2n) is 2.17. The normalized spacial score (nSPS) is 45.0. The predicted octanol–water partition coefficient (Wildman–Crippen LogP) is 2.02. The summed E-state index contributed by atoms with van der Waals surface area (Å²) >= 11 is 5.64. The van der Waals surface area contributed by atoms with Crippen molar-refractivity contribution in [1.29, 1.82) is 0 Å². The minimum absolute atomic E-state index is 0.514. The molecule has 0 aromatic rings. The maximum absolute atomic E-state index is 5.64. The molecular weight excluding hydrogens is 95.5 g/mol.